The molecule has 22 heavy (non-hydrogen) atoms. The molecule has 0 saturated heterocycles. The SMILES string of the molecule is CC(C)CNC(=O)NC(=O)C(C)N1CCCc2ccccc21. The van der Waals surface area contributed by atoms with Crippen LogP contribution in [0.25, 0.3) is 0 Å². The highest BCUT2D eigenvalue weighted by Gasteiger charge is 2.26. The summed E-state index contributed by atoms with van der Waals surface area (Å²) in [6, 6.07) is 7.35. The molecule has 1 aliphatic heterocycles. The lowest BCUT2D eigenvalue weighted by atomic mass is 10.00. The Kier molecular flexibility index (Phi) is 5.41. The van der Waals surface area contributed by atoms with Gasteiger partial charge in [0.2, 0.25) is 5.91 Å². The van der Waals surface area contributed by atoms with Gasteiger partial charge in [-0.25, -0.2) is 4.79 Å². The van der Waals surface area contributed by atoms with E-state index in [1.165, 1.54) is 5.56 Å². The summed E-state index contributed by atoms with van der Waals surface area (Å²) in [5, 5.41) is 5.13. The van der Waals surface area contributed by atoms with E-state index in [1.807, 2.05) is 39.0 Å². The Morgan fingerprint density at radius 3 is 2.68 bits per heavy atom. The van der Waals surface area contributed by atoms with Crippen molar-refractivity contribution in [2.45, 2.75) is 39.7 Å². The smallest absolute Gasteiger partial charge is 0.321 e. The number of anilines is 1. The summed E-state index contributed by atoms with van der Waals surface area (Å²) in [7, 11) is 0. The molecule has 1 unspecified atom stereocenters. The molecular formula is C17H25N3O2. The number of benzene rings is 1. The summed E-state index contributed by atoms with van der Waals surface area (Å²) in [5.41, 5.74) is 2.36. The van der Waals surface area contributed by atoms with Crippen LogP contribution >= 0.6 is 0 Å². The van der Waals surface area contributed by atoms with Crippen LogP contribution in [0.3, 0.4) is 0 Å². The monoisotopic (exact) mass is 303 g/mol. The minimum Gasteiger partial charge on any atom is -0.360 e. The number of hydrogen-bond acceptors (Lipinski definition) is 3. The van der Waals surface area contributed by atoms with Crippen LogP contribution in [0.15, 0.2) is 24.3 Å². The highest BCUT2D eigenvalue weighted by atomic mass is 16.2. The maximum Gasteiger partial charge on any atom is 0.321 e. The second-order valence-electron chi connectivity index (χ2n) is 6.19. The van der Waals surface area contributed by atoms with Gasteiger partial charge < -0.3 is 10.2 Å². The molecule has 0 spiro atoms. The summed E-state index contributed by atoms with van der Waals surface area (Å²) in [4.78, 5) is 26.1. The number of nitrogens with one attached hydrogen (secondary N) is 2. The first-order valence-corrected chi connectivity index (χ1v) is 7.92. The van der Waals surface area contributed by atoms with E-state index >= 15 is 0 Å². The number of carbonyl (C=O) groups excluding carboxylic acids is 2. The average Bonchev–Trinajstić information content (AvgIpc) is 2.51. The number of carbonyl (C=O) groups is 2. The molecule has 1 atom stereocenters. The summed E-state index contributed by atoms with van der Waals surface area (Å²) >= 11 is 0. The van der Waals surface area contributed by atoms with E-state index < -0.39 is 6.03 Å². The molecule has 0 radical (unpaired) electrons. The molecule has 5 nitrogen and oxygen atoms in total. The van der Waals surface area contributed by atoms with Crippen LogP contribution in [-0.2, 0) is 11.2 Å². The van der Waals surface area contributed by atoms with Gasteiger partial charge in [-0.05, 0) is 37.3 Å². The Bertz CT molecular complexity index is 542. The second-order valence-corrected chi connectivity index (χ2v) is 6.19. The summed E-state index contributed by atoms with van der Waals surface area (Å²) in [5.74, 6) is 0.0882. The van der Waals surface area contributed by atoms with Crippen molar-refractivity contribution in [1.29, 1.82) is 0 Å². The van der Waals surface area contributed by atoms with Gasteiger partial charge in [-0.15, -0.1) is 0 Å². The highest BCUT2D eigenvalue weighted by molar-refractivity contribution is 5.98. The van der Waals surface area contributed by atoms with E-state index in [9.17, 15) is 9.59 Å². The van der Waals surface area contributed by atoms with Gasteiger partial charge >= 0.3 is 6.03 Å². The number of imide groups is 1. The Balaban J connectivity index is 1.98. The number of nitrogens with zero attached hydrogens (tertiary/aromatic N) is 1. The summed E-state index contributed by atoms with van der Waals surface area (Å²) in [6.45, 7) is 7.25. The standard InChI is InChI=1S/C17H25N3O2/c1-12(2)11-18-17(22)19-16(21)13(3)20-10-6-8-14-7-4-5-9-15(14)20/h4-5,7,9,12-13H,6,8,10-11H2,1-3H3,(H2,18,19,21,22). The van der Waals surface area contributed by atoms with Crippen LogP contribution in [0.2, 0.25) is 0 Å². The van der Waals surface area contributed by atoms with Crippen molar-refractivity contribution in [3.05, 3.63) is 29.8 Å². The first kappa shape index (κ1) is 16.3. The number of amides is 3. The van der Waals surface area contributed by atoms with Crippen LogP contribution in [0.1, 0.15) is 32.8 Å². The van der Waals surface area contributed by atoms with Crippen molar-refractivity contribution >= 4 is 17.6 Å². The van der Waals surface area contributed by atoms with Crippen LogP contribution < -0.4 is 15.5 Å². The second kappa shape index (κ2) is 7.29. The van der Waals surface area contributed by atoms with E-state index in [4.69, 9.17) is 0 Å². The molecule has 1 heterocycles. The van der Waals surface area contributed by atoms with Gasteiger partial charge in [0.05, 0.1) is 0 Å². The van der Waals surface area contributed by atoms with Gasteiger partial charge in [-0.1, -0.05) is 32.0 Å². The van der Waals surface area contributed by atoms with E-state index in [2.05, 4.69) is 21.6 Å². The molecule has 2 N–H and O–H groups in total. The molecule has 1 aliphatic rings. The number of aryl methyl sites for hydroxylation is 1. The third-order valence-corrected chi connectivity index (χ3v) is 3.90. The van der Waals surface area contributed by atoms with E-state index in [-0.39, 0.29) is 11.9 Å². The first-order valence-electron chi connectivity index (χ1n) is 7.92. The van der Waals surface area contributed by atoms with Crippen LogP contribution in [0.5, 0.6) is 0 Å². The fraction of sp³-hybridized carbons (Fsp3) is 0.529. The minimum atomic E-state index is -0.421. The van der Waals surface area contributed by atoms with E-state index in [0.29, 0.717) is 12.5 Å². The van der Waals surface area contributed by atoms with Crippen LogP contribution in [0, 0.1) is 5.92 Å². The lowest BCUT2D eigenvalue weighted by molar-refractivity contribution is -0.121. The molecule has 0 saturated carbocycles. The van der Waals surface area contributed by atoms with Crippen molar-refractivity contribution in [2.24, 2.45) is 5.92 Å². The molecule has 1 aromatic carbocycles. The molecule has 0 fully saturated rings. The molecule has 5 heteroatoms. The molecule has 3 amide bonds. The summed E-state index contributed by atoms with van der Waals surface area (Å²) < 4.78 is 0. The number of urea groups is 1. The van der Waals surface area contributed by atoms with Crippen molar-refractivity contribution in [3.63, 3.8) is 0 Å². The Morgan fingerprint density at radius 1 is 1.23 bits per heavy atom. The number of para-hydroxylation sites is 1. The van der Waals surface area contributed by atoms with E-state index in [1.54, 1.807) is 0 Å². The van der Waals surface area contributed by atoms with Crippen molar-refractivity contribution in [2.75, 3.05) is 18.0 Å². The Hall–Kier alpha value is -2.04. The molecule has 0 aliphatic carbocycles. The van der Waals surface area contributed by atoms with Gasteiger partial charge in [0, 0.05) is 18.8 Å². The Morgan fingerprint density at radius 2 is 1.95 bits per heavy atom. The van der Waals surface area contributed by atoms with Gasteiger partial charge in [-0.3, -0.25) is 10.1 Å². The molecule has 120 valence electrons. The molecular weight excluding hydrogens is 278 g/mol. The zero-order valence-corrected chi connectivity index (χ0v) is 13.6. The fourth-order valence-corrected chi connectivity index (χ4v) is 2.66. The van der Waals surface area contributed by atoms with Crippen LogP contribution in [0.4, 0.5) is 10.5 Å². The maximum atomic E-state index is 12.3. The van der Waals surface area contributed by atoms with Gasteiger partial charge in [0.15, 0.2) is 0 Å². The lowest BCUT2D eigenvalue weighted by Gasteiger charge is -2.35. The predicted octanol–water partition coefficient (Wildman–Crippen LogP) is 2.31. The largest absolute Gasteiger partial charge is 0.360 e. The average molecular weight is 303 g/mol. The van der Waals surface area contributed by atoms with Gasteiger partial charge in [0.25, 0.3) is 0 Å². The zero-order valence-electron chi connectivity index (χ0n) is 13.6. The molecule has 0 aromatic heterocycles. The topological polar surface area (TPSA) is 61.4 Å². The summed E-state index contributed by atoms with van der Waals surface area (Å²) in [6.07, 6.45) is 2.06. The molecule has 0 bridgehead atoms. The highest BCUT2D eigenvalue weighted by Crippen LogP contribution is 2.28. The number of fused-ring (bicyclic) bond motifs is 1. The zero-order chi connectivity index (χ0) is 16.1. The fourth-order valence-electron chi connectivity index (χ4n) is 2.66. The van der Waals surface area contributed by atoms with Crippen LogP contribution in [-0.4, -0.2) is 31.1 Å². The third-order valence-electron chi connectivity index (χ3n) is 3.90. The number of hydrogen-bond donors (Lipinski definition) is 2. The minimum absolute atomic E-state index is 0.266. The van der Waals surface area contributed by atoms with Crippen molar-refractivity contribution < 1.29 is 9.59 Å². The van der Waals surface area contributed by atoms with Gasteiger partial charge in [0.1, 0.15) is 6.04 Å². The maximum absolute atomic E-state index is 12.3. The first-order chi connectivity index (χ1) is 10.5. The number of rotatable bonds is 4. The normalized spacial score (nSPS) is 15.2. The molecule has 2 rings (SSSR count). The van der Waals surface area contributed by atoms with Crippen molar-refractivity contribution in [3.8, 4) is 0 Å². The molecule has 1 aromatic rings. The quantitative estimate of drug-likeness (QED) is 0.897. The predicted molar refractivity (Wildman–Crippen MR) is 88.0 cm³/mol. The Labute approximate surface area is 132 Å². The van der Waals surface area contributed by atoms with Crippen molar-refractivity contribution in [1.82, 2.24) is 10.6 Å². The third kappa shape index (κ3) is 4.00. The van der Waals surface area contributed by atoms with Gasteiger partial charge in [-0.2, -0.15) is 0 Å². The lowest BCUT2D eigenvalue weighted by Crippen LogP contribution is -2.51. The van der Waals surface area contributed by atoms with E-state index in [0.717, 1.165) is 25.1 Å².